The van der Waals surface area contributed by atoms with E-state index in [9.17, 15) is 10.1 Å². The lowest BCUT2D eigenvalue weighted by atomic mass is 10.2. The second-order valence-electron chi connectivity index (χ2n) is 3.29. The molecule has 1 N–H and O–H groups in total. The largest absolute Gasteiger partial charge is 0.349 e. The minimum absolute atomic E-state index is 0.0169. The first-order valence-electron chi connectivity index (χ1n) is 4.78. The van der Waals surface area contributed by atoms with Crippen molar-refractivity contribution in [3.05, 3.63) is 57.3 Å². The molecule has 2 aromatic rings. The number of nitro benzene ring substituents is 1. The highest BCUT2D eigenvalue weighted by Crippen LogP contribution is 2.30. The van der Waals surface area contributed by atoms with Crippen LogP contribution in [0.15, 0.2) is 47.2 Å². The summed E-state index contributed by atoms with van der Waals surface area (Å²) in [5.41, 5.74) is 1.16. The summed E-state index contributed by atoms with van der Waals surface area (Å²) in [6.07, 6.45) is 3.24. The van der Waals surface area contributed by atoms with Crippen LogP contribution in [-0.4, -0.2) is 9.91 Å². The molecule has 0 atom stereocenters. The number of pyridine rings is 1. The third-order valence-corrected chi connectivity index (χ3v) is 2.59. The highest BCUT2D eigenvalue weighted by atomic mass is 79.9. The molecule has 1 heterocycles. The normalized spacial score (nSPS) is 9.94. The van der Waals surface area contributed by atoms with Gasteiger partial charge in [-0.15, -0.1) is 0 Å². The molecule has 5 nitrogen and oxygen atoms in total. The Kier molecular flexibility index (Phi) is 3.34. The molecule has 1 aromatic carbocycles. The fourth-order valence-corrected chi connectivity index (χ4v) is 1.70. The van der Waals surface area contributed by atoms with Gasteiger partial charge in [-0.2, -0.15) is 0 Å². The first kappa shape index (κ1) is 11.5. The monoisotopic (exact) mass is 293 g/mol. The van der Waals surface area contributed by atoms with Crippen molar-refractivity contribution in [2.24, 2.45) is 0 Å². The molecule has 2 rings (SSSR count). The van der Waals surface area contributed by atoms with E-state index in [-0.39, 0.29) is 5.69 Å². The number of hydrogen-bond acceptors (Lipinski definition) is 4. The molecule has 0 spiro atoms. The second-order valence-corrected chi connectivity index (χ2v) is 4.20. The van der Waals surface area contributed by atoms with Gasteiger partial charge in [0.2, 0.25) is 0 Å². The van der Waals surface area contributed by atoms with Crippen molar-refractivity contribution < 1.29 is 4.92 Å². The molecule has 1 aromatic heterocycles. The van der Waals surface area contributed by atoms with Crippen molar-refractivity contribution in [2.75, 3.05) is 5.32 Å². The van der Waals surface area contributed by atoms with Crippen LogP contribution in [0.5, 0.6) is 0 Å². The Labute approximate surface area is 106 Å². The summed E-state index contributed by atoms with van der Waals surface area (Å²) in [5, 5.41) is 13.8. The van der Waals surface area contributed by atoms with Crippen LogP contribution in [0.3, 0.4) is 0 Å². The molecule has 0 bridgehead atoms. The predicted molar refractivity (Wildman–Crippen MR) is 68.3 cm³/mol. The van der Waals surface area contributed by atoms with Crippen LogP contribution < -0.4 is 5.32 Å². The van der Waals surface area contributed by atoms with Crippen molar-refractivity contribution in [1.29, 1.82) is 0 Å². The smallest absolute Gasteiger partial charge is 0.293 e. The highest BCUT2D eigenvalue weighted by molar-refractivity contribution is 9.10. The molecule has 0 unspecified atom stereocenters. The fourth-order valence-electron chi connectivity index (χ4n) is 1.35. The molecule has 0 fully saturated rings. The Hall–Kier alpha value is -1.95. The second kappa shape index (κ2) is 4.92. The summed E-state index contributed by atoms with van der Waals surface area (Å²) < 4.78 is 0.668. The summed E-state index contributed by atoms with van der Waals surface area (Å²) in [7, 11) is 0. The van der Waals surface area contributed by atoms with Crippen molar-refractivity contribution in [2.45, 2.75) is 0 Å². The van der Waals surface area contributed by atoms with Crippen LogP contribution in [0, 0.1) is 10.1 Å². The van der Waals surface area contributed by atoms with Crippen LogP contribution in [0.2, 0.25) is 0 Å². The van der Waals surface area contributed by atoms with E-state index in [2.05, 4.69) is 26.2 Å². The van der Waals surface area contributed by atoms with Crippen LogP contribution >= 0.6 is 15.9 Å². The number of aromatic nitrogens is 1. The quantitative estimate of drug-likeness (QED) is 0.695. The van der Waals surface area contributed by atoms with Crippen LogP contribution in [0.4, 0.5) is 17.1 Å². The molecule has 0 amide bonds. The summed E-state index contributed by atoms with van der Waals surface area (Å²) in [4.78, 5) is 14.4. The topological polar surface area (TPSA) is 68.1 Å². The van der Waals surface area contributed by atoms with E-state index in [1.165, 1.54) is 6.07 Å². The SMILES string of the molecule is O=[N+]([O-])c1cc(Br)ccc1Nc1cccnc1. The molecule has 0 aliphatic rings. The zero-order valence-corrected chi connectivity index (χ0v) is 10.2. The molecule has 0 saturated carbocycles. The lowest BCUT2D eigenvalue weighted by Crippen LogP contribution is -1.97. The maximum Gasteiger partial charge on any atom is 0.293 e. The van der Waals surface area contributed by atoms with Crippen molar-refractivity contribution in [3.63, 3.8) is 0 Å². The Morgan fingerprint density at radius 2 is 2.18 bits per heavy atom. The number of nitrogens with one attached hydrogen (secondary N) is 1. The number of benzene rings is 1. The molecular weight excluding hydrogens is 286 g/mol. The predicted octanol–water partition coefficient (Wildman–Crippen LogP) is 3.50. The number of rotatable bonds is 3. The molecular formula is C11H8BrN3O2. The summed E-state index contributed by atoms with van der Waals surface area (Å²) in [6.45, 7) is 0. The van der Waals surface area contributed by atoms with E-state index >= 15 is 0 Å². The maximum absolute atomic E-state index is 10.9. The molecule has 86 valence electrons. The Balaban J connectivity index is 2.36. The minimum atomic E-state index is -0.427. The van der Waals surface area contributed by atoms with Gasteiger partial charge in [0.1, 0.15) is 5.69 Å². The zero-order chi connectivity index (χ0) is 12.3. The van der Waals surface area contributed by atoms with E-state index in [1.54, 1.807) is 36.7 Å². The van der Waals surface area contributed by atoms with Gasteiger partial charge in [0.05, 0.1) is 16.8 Å². The molecule has 6 heteroatoms. The van der Waals surface area contributed by atoms with E-state index in [0.29, 0.717) is 15.8 Å². The maximum atomic E-state index is 10.9. The molecule has 0 saturated heterocycles. The summed E-state index contributed by atoms with van der Waals surface area (Å²) >= 11 is 3.21. The van der Waals surface area contributed by atoms with E-state index in [1.807, 2.05) is 0 Å². The fraction of sp³-hybridized carbons (Fsp3) is 0. The number of anilines is 2. The number of nitro groups is 1. The van der Waals surface area contributed by atoms with Crippen LogP contribution in [0.1, 0.15) is 0 Å². The number of halogens is 1. The number of hydrogen-bond donors (Lipinski definition) is 1. The molecule has 0 aliphatic heterocycles. The van der Waals surface area contributed by atoms with Gasteiger partial charge in [0.25, 0.3) is 5.69 Å². The van der Waals surface area contributed by atoms with E-state index in [4.69, 9.17) is 0 Å². The first-order chi connectivity index (χ1) is 8.16. The molecule has 0 aliphatic carbocycles. The van der Waals surface area contributed by atoms with Gasteiger partial charge in [0.15, 0.2) is 0 Å². The van der Waals surface area contributed by atoms with Gasteiger partial charge >= 0.3 is 0 Å². The van der Waals surface area contributed by atoms with Crippen molar-refractivity contribution in [1.82, 2.24) is 4.98 Å². The van der Waals surface area contributed by atoms with Gasteiger partial charge in [-0.1, -0.05) is 15.9 Å². The summed E-state index contributed by atoms with van der Waals surface area (Å²) in [5.74, 6) is 0. The first-order valence-corrected chi connectivity index (χ1v) is 5.57. The zero-order valence-electron chi connectivity index (χ0n) is 8.63. The number of nitrogens with zero attached hydrogens (tertiary/aromatic N) is 2. The average molecular weight is 294 g/mol. The van der Waals surface area contributed by atoms with Gasteiger partial charge in [-0.3, -0.25) is 15.1 Å². The Morgan fingerprint density at radius 3 is 2.82 bits per heavy atom. The minimum Gasteiger partial charge on any atom is -0.349 e. The lowest BCUT2D eigenvalue weighted by Gasteiger charge is -2.06. The van der Waals surface area contributed by atoms with E-state index in [0.717, 1.165) is 0 Å². The Morgan fingerprint density at radius 1 is 1.35 bits per heavy atom. The van der Waals surface area contributed by atoms with E-state index < -0.39 is 4.92 Å². The standard InChI is InChI=1S/C11H8BrN3O2/c12-8-3-4-10(11(6-8)15(16)17)14-9-2-1-5-13-7-9/h1-7,14H. The Bertz CT molecular complexity index is 546. The van der Waals surface area contributed by atoms with Crippen LogP contribution in [-0.2, 0) is 0 Å². The van der Waals surface area contributed by atoms with Gasteiger partial charge in [-0.25, -0.2) is 0 Å². The molecule has 17 heavy (non-hydrogen) atoms. The average Bonchev–Trinajstić information content (AvgIpc) is 2.32. The summed E-state index contributed by atoms with van der Waals surface area (Å²) in [6, 6.07) is 8.39. The van der Waals surface area contributed by atoms with Gasteiger partial charge in [-0.05, 0) is 24.3 Å². The molecule has 0 radical (unpaired) electrons. The lowest BCUT2D eigenvalue weighted by molar-refractivity contribution is -0.384. The van der Waals surface area contributed by atoms with Gasteiger partial charge < -0.3 is 5.32 Å². The third kappa shape index (κ3) is 2.79. The third-order valence-electron chi connectivity index (χ3n) is 2.10. The van der Waals surface area contributed by atoms with Crippen molar-refractivity contribution in [3.8, 4) is 0 Å². The van der Waals surface area contributed by atoms with Gasteiger partial charge in [0, 0.05) is 16.7 Å². The van der Waals surface area contributed by atoms with Crippen LogP contribution in [0.25, 0.3) is 0 Å². The van der Waals surface area contributed by atoms with Crippen molar-refractivity contribution >= 4 is 33.0 Å². The highest BCUT2D eigenvalue weighted by Gasteiger charge is 2.13.